The maximum atomic E-state index is 11.1. The van der Waals surface area contributed by atoms with Gasteiger partial charge in [-0.3, -0.25) is 4.79 Å². The second-order valence-electron chi connectivity index (χ2n) is 4.30. The van der Waals surface area contributed by atoms with Crippen LogP contribution in [0.5, 0.6) is 0 Å². The van der Waals surface area contributed by atoms with Gasteiger partial charge in [-0.25, -0.2) is 4.98 Å². The molecular weight excluding hydrogens is 348 g/mol. The van der Waals surface area contributed by atoms with Crippen LogP contribution < -0.4 is 5.32 Å². The van der Waals surface area contributed by atoms with E-state index < -0.39 is 11.9 Å². The lowest BCUT2D eigenvalue weighted by atomic mass is 10.1. The molecule has 0 bridgehead atoms. The van der Waals surface area contributed by atoms with Gasteiger partial charge in [0.1, 0.15) is 5.92 Å². The number of carboxylic acid groups (broad SMARTS) is 1. The van der Waals surface area contributed by atoms with Gasteiger partial charge in [0.25, 0.3) is 0 Å². The second kappa shape index (κ2) is 5.22. The largest absolute Gasteiger partial charge is 0.481 e. The molecule has 0 saturated carbocycles. The quantitative estimate of drug-likeness (QED) is 0.874. The number of aromatic nitrogens is 1. The molecule has 1 atom stereocenters. The molecule has 0 radical (unpaired) electrons. The number of hydrogen-bond acceptors (Lipinski definition) is 5. The van der Waals surface area contributed by atoms with E-state index in [1.807, 2.05) is 11.4 Å². The summed E-state index contributed by atoms with van der Waals surface area (Å²) in [7, 11) is 0. The van der Waals surface area contributed by atoms with E-state index in [4.69, 9.17) is 5.11 Å². The van der Waals surface area contributed by atoms with Crippen LogP contribution in [0.3, 0.4) is 0 Å². The fourth-order valence-electron chi connectivity index (χ4n) is 2.15. The van der Waals surface area contributed by atoms with E-state index in [-0.39, 0.29) is 0 Å². The molecule has 2 aromatic heterocycles. The van der Waals surface area contributed by atoms with E-state index in [0.717, 1.165) is 26.6 Å². The summed E-state index contributed by atoms with van der Waals surface area (Å²) in [6, 6.07) is 2.02. The van der Waals surface area contributed by atoms with Crippen LogP contribution in [0, 0.1) is 0 Å². The summed E-state index contributed by atoms with van der Waals surface area (Å²) in [5.74, 6) is -1.19. The molecule has 7 heteroatoms. The third-order valence-electron chi connectivity index (χ3n) is 3.11. The third-order valence-corrected chi connectivity index (χ3v) is 6.12. The summed E-state index contributed by atoms with van der Waals surface area (Å²) < 4.78 is 1.09. The third kappa shape index (κ3) is 2.54. The molecule has 1 aliphatic carbocycles. The highest BCUT2D eigenvalue weighted by atomic mass is 79.9. The maximum absolute atomic E-state index is 11.1. The zero-order valence-electron chi connectivity index (χ0n) is 9.85. The van der Waals surface area contributed by atoms with Crippen LogP contribution in [0.25, 0.3) is 0 Å². The SMILES string of the molecule is O=C(O)C1CCc2sc(NCc3sccc3Br)nc21. The molecule has 0 saturated heterocycles. The monoisotopic (exact) mass is 358 g/mol. The average molecular weight is 359 g/mol. The lowest BCUT2D eigenvalue weighted by molar-refractivity contribution is -0.138. The molecule has 0 aromatic carbocycles. The number of thiazole rings is 1. The van der Waals surface area contributed by atoms with Crippen LogP contribution in [0.2, 0.25) is 0 Å². The number of rotatable bonds is 4. The smallest absolute Gasteiger partial charge is 0.312 e. The molecule has 0 aliphatic heterocycles. The van der Waals surface area contributed by atoms with Gasteiger partial charge in [0.05, 0.1) is 12.2 Å². The number of carbonyl (C=O) groups is 1. The van der Waals surface area contributed by atoms with Crippen LogP contribution in [-0.4, -0.2) is 16.1 Å². The number of nitrogens with one attached hydrogen (secondary N) is 1. The Labute approximate surface area is 126 Å². The maximum Gasteiger partial charge on any atom is 0.312 e. The van der Waals surface area contributed by atoms with Crippen LogP contribution in [-0.2, 0) is 17.8 Å². The summed E-state index contributed by atoms with van der Waals surface area (Å²) in [4.78, 5) is 17.9. The Morgan fingerprint density at radius 3 is 3.16 bits per heavy atom. The Morgan fingerprint density at radius 1 is 1.63 bits per heavy atom. The average Bonchev–Trinajstić information content (AvgIpc) is 3.00. The fraction of sp³-hybridized carbons (Fsp3) is 0.333. The van der Waals surface area contributed by atoms with Crippen molar-refractivity contribution in [2.24, 2.45) is 0 Å². The molecule has 4 nitrogen and oxygen atoms in total. The van der Waals surface area contributed by atoms with Gasteiger partial charge in [-0.05, 0) is 40.2 Å². The minimum atomic E-state index is -0.767. The van der Waals surface area contributed by atoms with Gasteiger partial charge >= 0.3 is 5.97 Å². The Hall–Kier alpha value is -0.920. The van der Waals surface area contributed by atoms with Gasteiger partial charge in [0, 0.05) is 14.2 Å². The van der Waals surface area contributed by atoms with Crippen LogP contribution >= 0.6 is 38.6 Å². The highest BCUT2D eigenvalue weighted by Gasteiger charge is 2.32. The first kappa shape index (κ1) is 13.1. The van der Waals surface area contributed by atoms with Gasteiger partial charge in [-0.1, -0.05) is 0 Å². The number of aryl methyl sites for hydroxylation is 1. The summed E-state index contributed by atoms with van der Waals surface area (Å²) in [5, 5.41) is 15.2. The molecule has 0 amide bonds. The van der Waals surface area contributed by atoms with Gasteiger partial charge < -0.3 is 10.4 Å². The molecule has 19 heavy (non-hydrogen) atoms. The molecule has 100 valence electrons. The van der Waals surface area contributed by atoms with Crippen molar-refractivity contribution < 1.29 is 9.90 Å². The van der Waals surface area contributed by atoms with E-state index >= 15 is 0 Å². The van der Waals surface area contributed by atoms with E-state index in [1.165, 1.54) is 4.88 Å². The first-order valence-electron chi connectivity index (χ1n) is 5.83. The highest BCUT2D eigenvalue weighted by Crippen LogP contribution is 2.38. The van der Waals surface area contributed by atoms with Crippen molar-refractivity contribution >= 4 is 49.7 Å². The van der Waals surface area contributed by atoms with Crippen LogP contribution in [0.4, 0.5) is 5.13 Å². The van der Waals surface area contributed by atoms with Crippen molar-refractivity contribution in [1.82, 2.24) is 4.98 Å². The second-order valence-corrected chi connectivity index (χ2v) is 7.24. The predicted molar refractivity (Wildman–Crippen MR) is 80.2 cm³/mol. The van der Waals surface area contributed by atoms with E-state index in [0.29, 0.717) is 13.0 Å². The molecule has 0 fully saturated rings. The molecule has 1 unspecified atom stereocenters. The van der Waals surface area contributed by atoms with Gasteiger partial charge in [0.2, 0.25) is 0 Å². The molecule has 3 rings (SSSR count). The van der Waals surface area contributed by atoms with Gasteiger partial charge in [-0.2, -0.15) is 0 Å². The predicted octanol–water partition coefficient (Wildman–Crippen LogP) is 3.69. The van der Waals surface area contributed by atoms with Crippen molar-refractivity contribution in [3.63, 3.8) is 0 Å². The molecule has 2 heterocycles. The van der Waals surface area contributed by atoms with Gasteiger partial charge in [0.15, 0.2) is 5.13 Å². The number of anilines is 1. The zero-order valence-corrected chi connectivity index (χ0v) is 13.1. The summed E-state index contributed by atoms with van der Waals surface area (Å²) in [5.41, 5.74) is 0.755. The Kier molecular flexibility index (Phi) is 3.60. The van der Waals surface area contributed by atoms with E-state index in [9.17, 15) is 4.79 Å². The van der Waals surface area contributed by atoms with Gasteiger partial charge in [-0.15, -0.1) is 22.7 Å². The minimum absolute atomic E-state index is 0.421. The molecule has 2 aromatic rings. The number of fused-ring (bicyclic) bond motifs is 1. The highest BCUT2D eigenvalue weighted by molar-refractivity contribution is 9.10. The van der Waals surface area contributed by atoms with Crippen molar-refractivity contribution in [3.05, 3.63) is 31.4 Å². The minimum Gasteiger partial charge on any atom is -0.481 e. The topological polar surface area (TPSA) is 62.2 Å². The first-order valence-corrected chi connectivity index (χ1v) is 8.32. The molecule has 1 aliphatic rings. The molecule has 0 spiro atoms. The Morgan fingerprint density at radius 2 is 2.47 bits per heavy atom. The van der Waals surface area contributed by atoms with Crippen molar-refractivity contribution in [3.8, 4) is 0 Å². The Balaban J connectivity index is 1.72. The lowest BCUT2D eigenvalue weighted by Gasteiger charge is -2.03. The number of halogens is 1. The van der Waals surface area contributed by atoms with Crippen LogP contribution in [0.1, 0.15) is 27.8 Å². The normalized spacial score (nSPS) is 17.4. The first-order chi connectivity index (χ1) is 9.15. The molecule has 2 N–H and O–H groups in total. The zero-order chi connectivity index (χ0) is 13.4. The number of nitrogens with zero attached hydrogens (tertiary/aromatic N) is 1. The Bertz CT molecular complexity index is 623. The lowest BCUT2D eigenvalue weighted by Crippen LogP contribution is -2.09. The summed E-state index contributed by atoms with van der Waals surface area (Å²) in [6.45, 7) is 0.711. The van der Waals surface area contributed by atoms with Crippen molar-refractivity contribution in [2.75, 3.05) is 5.32 Å². The van der Waals surface area contributed by atoms with Crippen molar-refractivity contribution in [2.45, 2.75) is 25.3 Å². The fourth-order valence-corrected chi connectivity index (χ4v) is 4.62. The van der Waals surface area contributed by atoms with E-state index in [1.54, 1.807) is 22.7 Å². The number of aliphatic carboxylic acids is 1. The van der Waals surface area contributed by atoms with Crippen molar-refractivity contribution in [1.29, 1.82) is 0 Å². The summed E-state index contributed by atoms with van der Waals surface area (Å²) in [6.07, 6.45) is 1.51. The van der Waals surface area contributed by atoms with E-state index in [2.05, 4.69) is 26.2 Å². The molecular formula is C12H11BrN2O2S2. The number of hydrogen-bond donors (Lipinski definition) is 2. The number of carboxylic acids is 1. The summed E-state index contributed by atoms with van der Waals surface area (Å²) >= 11 is 6.74. The number of thiophene rings is 1. The van der Waals surface area contributed by atoms with Crippen LogP contribution in [0.15, 0.2) is 15.9 Å². The standard InChI is InChI=1S/C12H11BrN2O2S2/c13-7-3-4-18-9(7)5-14-12-15-10-6(11(16)17)1-2-8(10)19-12/h3-4,6H,1-2,5H2,(H,14,15)(H,16,17).